The first-order chi connectivity index (χ1) is 18.7. The first-order valence-electron chi connectivity index (χ1n) is 13.4. The van der Waals surface area contributed by atoms with E-state index in [1.54, 1.807) is 19.1 Å². The van der Waals surface area contributed by atoms with E-state index in [0.29, 0.717) is 12.2 Å². The number of likely N-dealkylation sites (N-methyl/N-ethyl adjacent to an activating group) is 1. The quantitative estimate of drug-likeness (QED) is 0.255. The molecule has 0 bridgehead atoms. The highest BCUT2D eigenvalue weighted by Crippen LogP contribution is 2.41. The van der Waals surface area contributed by atoms with Crippen molar-refractivity contribution >= 4 is 34.0 Å². The summed E-state index contributed by atoms with van der Waals surface area (Å²) in [6.45, 7) is 12.6. The zero-order chi connectivity index (χ0) is 29.7. The molecular weight excluding hydrogens is 520 g/mol. The molecule has 0 unspecified atom stereocenters. The van der Waals surface area contributed by atoms with Gasteiger partial charge in [0.1, 0.15) is 11.5 Å². The molecule has 0 saturated carbocycles. The summed E-state index contributed by atoms with van der Waals surface area (Å²) >= 11 is 1.16. The first-order valence-corrected chi connectivity index (χ1v) is 14.3. The van der Waals surface area contributed by atoms with E-state index in [9.17, 15) is 14.7 Å². The molecule has 0 saturated heterocycles. The Labute approximate surface area is 243 Å². The Kier molecular flexibility index (Phi) is 10.1. The lowest BCUT2D eigenvalue weighted by Gasteiger charge is -2.28. The van der Waals surface area contributed by atoms with Crippen LogP contribution in [0.2, 0.25) is 0 Å². The largest absolute Gasteiger partial charge is 0.507 e. The number of rotatable bonds is 10. The zero-order valence-electron chi connectivity index (χ0n) is 24.9. The van der Waals surface area contributed by atoms with Crippen LogP contribution in [0.25, 0.3) is 0 Å². The first kappa shape index (κ1) is 31.2. The number of benzene rings is 3. The Morgan fingerprint density at radius 2 is 1.35 bits per heavy atom. The van der Waals surface area contributed by atoms with Crippen LogP contribution in [0.15, 0.2) is 65.6 Å². The van der Waals surface area contributed by atoms with Gasteiger partial charge in [0.2, 0.25) is 5.12 Å². The van der Waals surface area contributed by atoms with E-state index < -0.39 is 0 Å². The van der Waals surface area contributed by atoms with Crippen molar-refractivity contribution in [2.75, 3.05) is 32.6 Å². The molecule has 0 aromatic heterocycles. The fourth-order valence-corrected chi connectivity index (χ4v) is 5.28. The summed E-state index contributed by atoms with van der Waals surface area (Å²) < 4.78 is 5.19. The Balaban J connectivity index is 1.55. The monoisotopic (exact) mass is 562 g/mol. The second kappa shape index (κ2) is 12.9. The van der Waals surface area contributed by atoms with Crippen molar-refractivity contribution in [3.63, 3.8) is 0 Å². The number of anilines is 2. The maximum absolute atomic E-state index is 12.9. The number of phenols is 1. The number of hydrogen-bond acceptors (Lipinski definition) is 7. The van der Waals surface area contributed by atoms with E-state index in [4.69, 9.17) is 4.74 Å². The number of aromatic hydroxyl groups is 1. The number of carbonyl (C=O) groups excluding carboxylic acids is 2. The number of methoxy groups -OCH3 is 1. The Morgan fingerprint density at radius 1 is 0.850 bits per heavy atom. The van der Waals surface area contributed by atoms with Gasteiger partial charge in [0.25, 0.3) is 0 Å². The normalized spacial score (nSPS) is 11.9. The minimum absolute atomic E-state index is 0.0466. The molecule has 0 aliphatic heterocycles. The summed E-state index contributed by atoms with van der Waals surface area (Å²) in [6, 6.07) is 19.3. The molecule has 3 aromatic carbocycles. The molecule has 0 radical (unpaired) electrons. The van der Waals surface area contributed by atoms with Crippen LogP contribution in [-0.4, -0.2) is 48.2 Å². The lowest BCUT2D eigenvalue weighted by molar-refractivity contribution is -0.119. The van der Waals surface area contributed by atoms with Gasteiger partial charge in [-0.3, -0.25) is 14.5 Å². The lowest BCUT2D eigenvalue weighted by Crippen LogP contribution is -2.30. The lowest BCUT2D eigenvalue weighted by atomic mass is 9.79. The Bertz CT molecular complexity index is 1290. The van der Waals surface area contributed by atoms with Gasteiger partial charge < -0.3 is 15.2 Å². The molecule has 2 N–H and O–H groups in total. The van der Waals surface area contributed by atoms with Crippen LogP contribution in [-0.2, 0) is 26.8 Å². The van der Waals surface area contributed by atoms with Crippen molar-refractivity contribution in [3.05, 3.63) is 77.4 Å². The van der Waals surface area contributed by atoms with Crippen LogP contribution in [0.1, 0.15) is 58.2 Å². The molecule has 0 fully saturated rings. The molecule has 6 nitrogen and oxygen atoms in total. The van der Waals surface area contributed by atoms with Crippen molar-refractivity contribution in [2.45, 2.75) is 63.7 Å². The fraction of sp³-hybridized carbons (Fsp3) is 0.394. The minimum atomic E-state index is -0.267. The van der Waals surface area contributed by atoms with Crippen LogP contribution in [0.4, 0.5) is 11.4 Å². The van der Waals surface area contributed by atoms with Crippen molar-refractivity contribution in [1.82, 2.24) is 4.90 Å². The van der Waals surface area contributed by atoms with E-state index in [1.807, 2.05) is 60.7 Å². The molecule has 0 amide bonds. The fourth-order valence-electron chi connectivity index (χ4n) is 4.38. The third kappa shape index (κ3) is 8.86. The number of hydrogen-bond donors (Lipinski definition) is 2. The van der Waals surface area contributed by atoms with Gasteiger partial charge in [-0.15, -0.1) is 0 Å². The van der Waals surface area contributed by atoms with E-state index in [2.05, 4.69) is 46.9 Å². The number of thioether (sulfide) groups is 1. The van der Waals surface area contributed by atoms with Gasteiger partial charge in [-0.25, -0.2) is 0 Å². The van der Waals surface area contributed by atoms with Crippen LogP contribution >= 0.6 is 11.8 Å². The zero-order valence-corrected chi connectivity index (χ0v) is 25.7. The number of phenolic OH excluding ortho intramolecular Hbond substituents is 1. The van der Waals surface area contributed by atoms with Gasteiger partial charge in [-0.05, 0) is 72.0 Å². The van der Waals surface area contributed by atoms with Crippen LogP contribution in [0, 0.1) is 0 Å². The number of ether oxygens (including phenoxy) is 1. The predicted molar refractivity (Wildman–Crippen MR) is 165 cm³/mol. The van der Waals surface area contributed by atoms with Crippen LogP contribution in [0.5, 0.6) is 11.5 Å². The van der Waals surface area contributed by atoms with Gasteiger partial charge in [0, 0.05) is 33.8 Å². The molecule has 40 heavy (non-hydrogen) atoms. The topological polar surface area (TPSA) is 78.9 Å². The van der Waals surface area contributed by atoms with E-state index in [1.165, 1.54) is 0 Å². The standard InChI is InChI=1S/C33H42N2O4S/c1-32(2,3)28-18-27(19-29(31(28)38)33(4,5)6)40-30(37)21-35(7)20-25(36)17-22-9-11-23(12-10-22)34-24-13-15-26(39-8)16-14-24/h9-16,18-19,34,38H,17,20-21H2,1-8H3. The highest BCUT2D eigenvalue weighted by atomic mass is 32.2. The molecule has 0 atom stereocenters. The molecule has 3 aromatic rings. The van der Waals surface area contributed by atoms with Gasteiger partial charge in [-0.2, -0.15) is 0 Å². The van der Waals surface area contributed by atoms with Crippen molar-refractivity contribution in [3.8, 4) is 11.5 Å². The van der Waals surface area contributed by atoms with E-state index in [0.717, 1.165) is 50.5 Å². The smallest absolute Gasteiger partial charge is 0.207 e. The van der Waals surface area contributed by atoms with E-state index in [-0.39, 0.29) is 34.8 Å². The molecular formula is C33H42N2O4S. The van der Waals surface area contributed by atoms with Gasteiger partial charge in [-0.1, -0.05) is 65.4 Å². The number of Topliss-reactive ketones (excluding diaryl/α,β-unsaturated/α-hetero) is 1. The maximum Gasteiger partial charge on any atom is 0.207 e. The van der Waals surface area contributed by atoms with Crippen molar-refractivity contribution in [2.24, 2.45) is 0 Å². The van der Waals surface area contributed by atoms with Gasteiger partial charge in [0.05, 0.1) is 20.2 Å². The molecule has 0 spiro atoms. The highest BCUT2D eigenvalue weighted by Gasteiger charge is 2.27. The number of ketones is 1. The molecule has 0 aliphatic rings. The average molecular weight is 563 g/mol. The van der Waals surface area contributed by atoms with Crippen LogP contribution < -0.4 is 10.1 Å². The molecule has 7 heteroatoms. The van der Waals surface area contributed by atoms with Gasteiger partial charge in [0.15, 0.2) is 5.78 Å². The summed E-state index contributed by atoms with van der Waals surface area (Å²) in [5.74, 6) is 1.14. The summed E-state index contributed by atoms with van der Waals surface area (Å²) in [5.41, 5.74) is 3.92. The van der Waals surface area contributed by atoms with Gasteiger partial charge >= 0.3 is 0 Å². The third-order valence-corrected chi connectivity index (χ3v) is 7.34. The Morgan fingerprint density at radius 3 is 1.82 bits per heavy atom. The minimum Gasteiger partial charge on any atom is -0.507 e. The summed E-state index contributed by atoms with van der Waals surface area (Å²) in [5, 5.41) is 14.2. The molecule has 0 heterocycles. The predicted octanol–water partition coefficient (Wildman–Crippen LogP) is 7.10. The second-order valence-electron chi connectivity index (χ2n) is 12.3. The van der Waals surface area contributed by atoms with Crippen molar-refractivity contribution < 1.29 is 19.4 Å². The molecule has 0 aliphatic carbocycles. The summed E-state index contributed by atoms with van der Waals surface area (Å²) in [6.07, 6.45) is 0.302. The maximum atomic E-state index is 12.9. The number of nitrogens with one attached hydrogen (secondary N) is 1. The Hall–Kier alpha value is -3.29. The van der Waals surface area contributed by atoms with Crippen LogP contribution in [0.3, 0.4) is 0 Å². The SMILES string of the molecule is COc1ccc(Nc2ccc(CC(=O)CN(C)CC(=O)Sc3cc(C(C)(C)C)c(O)c(C(C)(C)C)c3)cc2)cc1. The molecule has 3 rings (SSSR count). The summed E-state index contributed by atoms with van der Waals surface area (Å²) in [7, 11) is 3.43. The second-order valence-corrected chi connectivity index (χ2v) is 13.4. The van der Waals surface area contributed by atoms with E-state index >= 15 is 0 Å². The number of carbonyl (C=O) groups is 2. The van der Waals surface area contributed by atoms with Crippen molar-refractivity contribution in [1.29, 1.82) is 0 Å². The molecule has 214 valence electrons. The summed E-state index contributed by atoms with van der Waals surface area (Å²) in [4.78, 5) is 28.2. The number of nitrogens with zero attached hydrogens (tertiary/aromatic N) is 1. The average Bonchev–Trinajstić information content (AvgIpc) is 2.85. The third-order valence-electron chi connectivity index (χ3n) is 6.51. The highest BCUT2D eigenvalue weighted by molar-refractivity contribution is 8.13.